The van der Waals surface area contributed by atoms with E-state index in [2.05, 4.69) is 0 Å². The second-order valence-corrected chi connectivity index (χ2v) is 4.05. The smallest absolute Gasteiger partial charge is 0.188 e. The maximum absolute atomic E-state index is 11.6. The van der Waals surface area contributed by atoms with Gasteiger partial charge in [0.2, 0.25) is 0 Å². The van der Waals surface area contributed by atoms with E-state index < -0.39 is 0 Å². The zero-order chi connectivity index (χ0) is 12.0. The Balaban J connectivity index is 2.56. The lowest BCUT2D eigenvalue weighted by Gasteiger charge is -2.10. The number of phenolic OH excluding ortho intramolecular Hbond substituents is 1. The fourth-order valence-electron chi connectivity index (χ4n) is 1.97. The van der Waals surface area contributed by atoms with Gasteiger partial charge in [0.1, 0.15) is 17.1 Å². The van der Waals surface area contributed by atoms with Crippen molar-refractivity contribution in [3.63, 3.8) is 0 Å². The molecule has 1 aromatic carbocycles. The normalized spacial score (nSPS) is 11.1. The molecule has 1 N–H and O–H groups in total. The first-order chi connectivity index (χ1) is 8.16. The molecule has 0 fully saturated rings. The summed E-state index contributed by atoms with van der Waals surface area (Å²) in [4.78, 5) is 11.6. The number of benzene rings is 2. The number of hydrogen-bond donors (Lipinski definition) is 1. The van der Waals surface area contributed by atoms with Crippen LogP contribution in [0.2, 0.25) is 0 Å². The van der Waals surface area contributed by atoms with Crippen molar-refractivity contribution in [1.82, 2.24) is 0 Å². The molecule has 84 valence electrons. The van der Waals surface area contributed by atoms with Crippen LogP contribution in [-0.2, 0) is 0 Å². The van der Waals surface area contributed by atoms with E-state index in [1.807, 2.05) is 30.3 Å². The average Bonchev–Trinajstić information content (AvgIpc) is 2.34. The predicted octanol–water partition coefficient (Wildman–Crippen LogP) is 2.91. The van der Waals surface area contributed by atoms with Crippen molar-refractivity contribution in [3.05, 3.63) is 52.2 Å². The standard InChI is InChI=1S/C14H10O3/c1-8-11(15)7-12(16)10-6-9-4-2-3-5-13(9)17-14(8)10/h2-7,16H,1H3. The van der Waals surface area contributed by atoms with E-state index in [4.69, 9.17) is 4.42 Å². The third kappa shape index (κ3) is 1.40. The predicted molar refractivity (Wildman–Crippen MR) is 65.5 cm³/mol. The summed E-state index contributed by atoms with van der Waals surface area (Å²) < 4.78 is 5.68. The molecule has 0 unspecified atom stereocenters. The van der Waals surface area contributed by atoms with Crippen LogP contribution >= 0.6 is 0 Å². The molecule has 0 saturated carbocycles. The molecule has 0 bridgehead atoms. The third-order valence-corrected chi connectivity index (χ3v) is 2.93. The summed E-state index contributed by atoms with van der Waals surface area (Å²) in [6, 6.07) is 10.6. The largest absolute Gasteiger partial charge is 0.507 e. The number of para-hydroxylation sites is 1. The van der Waals surface area contributed by atoms with Crippen LogP contribution in [0.25, 0.3) is 22.3 Å². The second-order valence-electron chi connectivity index (χ2n) is 4.05. The van der Waals surface area contributed by atoms with Gasteiger partial charge in [-0.25, -0.2) is 0 Å². The molecular weight excluding hydrogens is 216 g/mol. The van der Waals surface area contributed by atoms with Crippen molar-refractivity contribution in [1.29, 1.82) is 0 Å². The van der Waals surface area contributed by atoms with Gasteiger partial charge in [0, 0.05) is 17.0 Å². The highest BCUT2D eigenvalue weighted by molar-refractivity contribution is 5.85. The van der Waals surface area contributed by atoms with Crippen LogP contribution in [0.15, 0.2) is 45.6 Å². The van der Waals surface area contributed by atoms with Crippen LogP contribution in [0, 0.1) is 6.92 Å². The van der Waals surface area contributed by atoms with Gasteiger partial charge in [0.05, 0.1) is 5.56 Å². The lowest BCUT2D eigenvalue weighted by molar-refractivity contribution is 0.472. The molecule has 0 aromatic heterocycles. The van der Waals surface area contributed by atoms with Gasteiger partial charge in [-0.15, -0.1) is 0 Å². The van der Waals surface area contributed by atoms with Crippen molar-refractivity contribution < 1.29 is 9.52 Å². The molecule has 17 heavy (non-hydrogen) atoms. The molecule has 2 aliphatic rings. The minimum Gasteiger partial charge on any atom is -0.507 e. The molecule has 3 rings (SSSR count). The van der Waals surface area contributed by atoms with E-state index in [0.29, 0.717) is 22.5 Å². The Morgan fingerprint density at radius 1 is 1.18 bits per heavy atom. The van der Waals surface area contributed by atoms with Crippen LogP contribution in [0.3, 0.4) is 0 Å². The van der Waals surface area contributed by atoms with Gasteiger partial charge in [-0.05, 0) is 19.1 Å². The van der Waals surface area contributed by atoms with Crippen LogP contribution in [0.4, 0.5) is 0 Å². The maximum atomic E-state index is 11.6. The Kier molecular flexibility index (Phi) is 1.95. The molecule has 1 aromatic rings. The second kappa shape index (κ2) is 3.35. The van der Waals surface area contributed by atoms with E-state index in [1.165, 1.54) is 6.07 Å². The number of phenols is 1. The van der Waals surface area contributed by atoms with Crippen LogP contribution in [0.5, 0.6) is 5.75 Å². The minimum atomic E-state index is -0.214. The third-order valence-electron chi connectivity index (χ3n) is 2.93. The summed E-state index contributed by atoms with van der Waals surface area (Å²) in [5.74, 6) is 0.416. The van der Waals surface area contributed by atoms with Gasteiger partial charge in [0.15, 0.2) is 5.43 Å². The number of fused-ring (bicyclic) bond motifs is 2. The minimum absolute atomic E-state index is 0.0369. The van der Waals surface area contributed by atoms with E-state index in [1.54, 1.807) is 6.92 Å². The van der Waals surface area contributed by atoms with Crippen molar-refractivity contribution >= 4 is 11.0 Å². The van der Waals surface area contributed by atoms with Gasteiger partial charge in [0.25, 0.3) is 0 Å². The summed E-state index contributed by atoms with van der Waals surface area (Å²) in [6.45, 7) is 1.70. The van der Waals surface area contributed by atoms with E-state index in [0.717, 1.165) is 5.39 Å². The molecule has 3 nitrogen and oxygen atoms in total. The lowest BCUT2D eigenvalue weighted by Crippen LogP contribution is -2.05. The SMILES string of the molecule is Cc1c2oc3ccccc3cc-2c(O)cc1=O. The van der Waals surface area contributed by atoms with Crippen LogP contribution in [0.1, 0.15) is 5.56 Å². The highest BCUT2D eigenvalue weighted by atomic mass is 16.3. The zero-order valence-corrected chi connectivity index (χ0v) is 9.23. The highest BCUT2D eigenvalue weighted by Crippen LogP contribution is 2.35. The molecule has 1 aliphatic heterocycles. The zero-order valence-electron chi connectivity index (χ0n) is 9.23. The van der Waals surface area contributed by atoms with Crippen molar-refractivity contribution in [2.75, 3.05) is 0 Å². The summed E-state index contributed by atoms with van der Waals surface area (Å²) in [6.07, 6.45) is 0. The van der Waals surface area contributed by atoms with E-state index in [-0.39, 0.29) is 11.2 Å². The Labute approximate surface area is 97.3 Å². The maximum Gasteiger partial charge on any atom is 0.188 e. The molecule has 1 aliphatic carbocycles. The lowest BCUT2D eigenvalue weighted by atomic mass is 10.0. The molecular formula is C14H10O3. The Bertz CT molecular complexity index is 740. The first-order valence-corrected chi connectivity index (χ1v) is 5.32. The molecule has 3 heteroatoms. The Hall–Kier alpha value is -2.29. The molecule has 0 radical (unpaired) electrons. The number of aromatic hydroxyl groups is 1. The first-order valence-electron chi connectivity index (χ1n) is 5.32. The van der Waals surface area contributed by atoms with Gasteiger partial charge in [-0.2, -0.15) is 0 Å². The fraction of sp³-hybridized carbons (Fsp3) is 0.0714. The van der Waals surface area contributed by atoms with E-state index in [9.17, 15) is 9.90 Å². The quantitative estimate of drug-likeness (QED) is 0.599. The summed E-state index contributed by atoms with van der Waals surface area (Å²) in [5.41, 5.74) is 1.58. The Morgan fingerprint density at radius 2 is 1.94 bits per heavy atom. The topological polar surface area (TPSA) is 50.4 Å². The van der Waals surface area contributed by atoms with E-state index >= 15 is 0 Å². The van der Waals surface area contributed by atoms with Crippen molar-refractivity contribution in [3.8, 4) is 17.1 Å². The van der Waals surface area contributed by atoms with Gasteiger partial charge in [-0.1, -0.05) is 18.2 Å². The van der Waals surface area contributed by atoms with Gasteiger partial charge < -0.3 is 9.52 Å². The summed E-state index contributed by atoms with van der Waals surface area (Å²) >= 11 is 0. The van der Waals surface area contributed by atoms with Gasteiger partial charge >= 0.3 is 0 Å². The number of rotatable bonds is 0. The Morgan fingerprint density at radius 3 is 2.76 bits per heavy atom. The van der Waals surface area contributed by atoms with Crippen LogP contribution < -0.4 is 5.43 Å². The first kappa shape index (κ1) is 9.90. The highest BCUT2D eigenvalue weighted by Gasteiger charge is 2.16. The van der Waals surface area contributed by atoms with Crippen molar-refractivity contribution in [2.24, 2.45) is 0 Å². The van der Waals surface area contributed by atoms with Crippen molar-refractivity contribution in [2.45, 2.75) is 6.92 Å². The molecule has 0 spiro atoms. The summed E-state index contributed by atoms with van der Waals surface area (Å²) in [5, 5.41) is 10.7. The average molecular weight is 226 g/mol. The molecule has 0 amide bonds. The van der Waals surface area contributed by atoms with Crippen LogP contribution in [-0.4, -0.2) is 5.11 Å². The molecule has 1 heterocycles. The monoisotopic (exact) mass is 226 g/mol. The fourth-order valence-corrected chi connectivity index (χ4v) is 1.97. The molecule has 0 atom stereocenters. The summed E-state index contributed by atoms with van der Waals surface area (Å²) in [7, 11) is 0. The van der Waals surface area contributed by atoms with Gasteiger partial charge in [-0.3, -0.25) is 4.79 Å². The molecule has 0 saturated heterocycles. The number of hydrogen-bond acceptors (Lipinski definition) is 3.